The van der Waals surface area contributed by atoms with Crippen molar-refractivity contribution in [2.45, 2.75) is 83.7 Å². The van der Waals surface area contributed by atoms with Crippen LogP contribution in [-0.2, 0) is 4.79 Å². The highest BCUT2D eigenvalue weighted by molar-refractivity contribution is 5.85. The molecule has 22 heavy (non-hydrogen) atoms. The Kier molecular flexibility index (Phi) is 5.49. The third-order valence-corrected chi connectivity index (χ3v) is 7.16. The average molecular weight is 329 g/mol. The van der Waals surface area contributed by atoms with E-state index in [1.807, 2.05) is 0 Å². The van der Waals surface area contributed by atoms with Gasteiger partial charge in [0.25, 0.3) is 0 Å². The van der Waals surface area contributed by atoms with Crippen molar-refractivity contribution in [2.75, 3.05) is 6.54 Å². The minimum Gasteiger partial charge on any atom is -0.349 e. The fourth-order valence-corrected chi connectivity index (χ4v) is 5.25. The van der Waals surface area contributed by atoms with Crippen molar-refractivity contribution in [3.05, 3.63) is 0 Å². The number of fused-ring (bicyclic) bond motifs is 2. The Morgan fingerprint density at radius 3 is 2.23 bits per heavy atom. The quantitative estimate of drug-likeness (QED) is 0.827. The maximum Gasteiger partial charge on any atom is 0.234 e. The summed E-state index contributed by atoms with van der Waals surface area (Å²) >= 11 is 0. The van der Waals surface area contributed by atoms with E-state index < -0.39 is 0 Å². The molecule has 3 aliphatic carbocycles. The van der Waals surface area contributed by atoms with E-state index in [4.69, 9.17) is 0 Å². The lowest BCUT2D eigenvalue weighted by atomic mass is 9.64. The molecule has 0 aliphatic heterocycles. The van der Waals surface area contributed by atoms with Gasteiger partial charge in [-0.2, -0.15) is 0 Å². The van der Waals surface area contributed by atoms with Crippen LogP contribution >= 0.6 is 12.4 Å². The van der Waals surface area contributed by atoms with Gasteiger partial charge in [0.15, 0.2) is 0 Å². The van der Waals surface area contributed by atoms with Gasteiger partial charge in [-0.05, 0) is 56.3 Å². The number of halogens is 1. The fourth-order valence-electron chi connectivity index (χ4n) is 5.25. The number of hydrogen-bond donors (Lipinski definition) is 2. The minimum atomic E-state index is -0.0127. The Hall–Kier alpha value is -0.280. The zero-order valence-corrected chi connectivity index (χ0v) is 15.2. The van der Waals surface area contributed by atoms with Gasteiger partial charge < -0.3 is 10.6 Å². The van der Waals surface area contributed by atoms with Gasteiger partial charge in [0.2, 0.25) is 5.91 Å². The highest BCUT2D eigenvalue weighted by Crippen LogP contribution is 2.61. The van der Waals surface area contributed by atoms with E-state index in [0.717, 1.165) is 5.92 Å². The van der Waals surface area contributed by atoms with Crippen molar-refractivity contribution in [1.82, 2.24) is 10.6 Å². The molecule has 3 saturated carbocycles. The molecule has 2 N–H and O–H groups in total. The predicted molar refractivity (Wildman–Crippen MR) is 93.3 cm³/mol. The largest absolute Gasteiger partial charge is 0.349 e. The maximum atomic E-state index is 12.4. The molecule has 0 saturated heterocycles. The summed E-state index contributed by atoms with van der Waals surface area (Å²) < 4.78 is 0. The molecule has 0 heterocycles. The van der Waals surface area contributed by atoms with Crippen LogP contribution in [0.1, 0.15) is 72.1 Å². The van der Waals surface area contributed by atoms with Crippen molar-refractivity contribution >= 4 is 18.3 Å². The van der Waals surface area contributed by atoms with Crippen molar-refractivity contribution in [3.63, 3.8) is 0 Å². The Bertz CT molecular complexity index is 406. The number of carbonyl (C=O) groups excluding carboxylic acids is 1. The first-order valence-corrected chi connectivity index (χ1v) is 8.98. The topological polar surface area (TPSA) is 41.1 Å². The molecule has 0 radical (unpaired) electrons. The number of hydrogen-bond acceptors (Lipinski definition) is 2. The van der Waals surface area contributed by atoms with E-state index in [1.165, 1.54) is 51.4 Å². The molecule has 2 bridgehead atoms. The van der Waals surface area contributed by atoms with Crippen LogP contribution in [0.5, 0.6) is 0 Å². The van der Waals surface area contributed by atoms with Crippen LogP contribution in [0.15, 0.2) is 0 Å². The van der Waals surface area contributed by atoms with Crippen molar-refractivity contribution in [2.24, 2.45) is 17.3 Å². The average Bonchev–Trinajstić information content (AvgIpc) is 3.01. The number of amides is 1. The van der Waals surface area contributed by atoms with Crippen molar-refractivity contribution in [1.29, 1.82) is 0 Å². The molecule has 3 aliphatic rings. The monoisotopic (exact) mass is 328 g/mol. The molecule has 3 rings (SSSR count). The third kappa shape index (κ3) is 3.03. The van der Waals surface area contributed by atoms with Crippen LogP contribution in [0.3, 0.4) is 0 Å². The van der Waals surface area contributed by atoms with Gasteiger partial charge in [-0.3, -0.25) is 4.79 Å². The maximum absolute atomic E-state index is 12.4. The predicted octanol–water partition coefficient (Wildman–Crippen LogP) is 3.66. The molecule has 0 aromatic rings. The first kappa shape index (κ1) is 18.1. The lowest BCUT2D eigenvalue weighted by Gasteiger charge is -2.48. The molecule has 0 aromatic carbocycles. The molecule has 4 heteroatoms. The van der Waals surface area contributed by atoms with Crippen LogP contribution in [0.25, 0.3) is 0 Å². The van der Waals surface area contributed by atoms with Crippen LogP contribution in [0, 0.1) is 17.3 Å². The van der Waals surface area contributed by atoms with Gasteiger partial charge in [-0.15, -0.1) is 12.4 Å². The molecular formula is C18H33ClN2O. The second-order valence-electron chi connectivity index (χ2n) is 8.39. The smallest absolute Gasteiger partial charge is 0.234 e. The summed E-state index contributed by atoms with van der Waals surface area (Å²) in [5, 5.41) is 6.89. The summed E-state index contributed by atoms with van der Waals surface area (Å²) in [5.41, 5.74) is 0.220. The van der Waals surface area contributed by atoms with Crippen molar-refractivity contribution in [3.8, 4) is 0 Å². The SMILES string of the molecule is CC1(C)C2CCC(C2)C1(C)NC(=O)CNC1CCCCC1.Cl. The Balaban J connectivity index is 0.00000176. The molecule has 3 nitrogen and oxygen atoms in total. The number of rotatable bonds is 4. The number of nitrogens with one attached hydrogen (secondary N) is 2. The Morgan fingerprint density at radius 1 is 1.00 bits per heavy atom. The first-order valence-electron chi connectivity index (χ1n) is 8.98. The van der Waals surface area contributed by atoms with Gasteiger partial charge in [0.1, 0.15) is 0 Å². The van der Waals surface area contributed by atoms with E-state index >= 15 is 0 Å². The lowest BCUT2D eigenvalue weighted by Crippen LogP contribution is -2.60. The highest BCUT2D eigenvalue weighted by Gasteiger charge is 2.60. The molecular weight excluding hydrogens is 296 g/mol. The van der Waals surface area contributed by atoms with Gasteiger partial charge in [-0.25, -0.2) is 0 Å². The van der Waals surface area contributed by atoms with Crippen LogP contribution in [-0.4, -0.2) is 24.0 Å². The van der Waals surface area contributed by atoms with E-state index in [9.17, 15) is 4.79 Å². The van der Waals surface area contributed by atoms with Gasteiger partial charge in [0.05, 0.1) is 6.54 Å². The highest BCUT2D eigenvalue weighted by atomic mass is 35.5. The van der Waals surface area contributed by atoms with Crippen LogP contribution in [0.4, 0.5) is 0 Å². The molecule has 128 valence electrons. The van der Waals surface area contributed by atoms with Crippen molar-refractivity contribution < 1.29 is 4.79 Å². The molecule has 3 unspecified atom stereocenters. The summed E-state index contributed by atoms with van der Waals surface area (Å²) in [5.74, 6) is 1.67. The molecule has 0 spiro atoms. The molecule has 1 amide bonds. The van der Waals surface area contributed by atoms with E-state index in [-0.39, 0.29) is 29.3 Å². The van der Waals surface area contributed by atoms with E-state index in [0.29, 0.717) is 18.5 Å². The summed E-state index contributed by atoms with van der Waals surface area (Å²) in [6.07, 6.45) is 10.4. The lowest BCUT2D eigenvalue weighted by molar-refractivity contribution is -0.124. The second-order valence-corrected chi connectivity index (χ2v) is 8.39. The zero-order chi connectivity index (χ0) is 15.1. The van der Waals surface area contributed by atoms with Crippen LogP contribution < -0.4 is 10.6 Å². The second kappa shape index (κ2) is 6.68. The van der Waals surface area contributed by atoms with Gasteiger partial charge >= 0.3 is 0 Å². The fraction of sp³-hybridized carbons (Fsp3) is 0.944. The normalized spacial score (nSPS) is 36.9. The standard InChI is InChI=1S/C18H32N2O.ClH/c1-17(2)13-9-10-14(11-13)18(17,3)20-16(21)12-19-15-7-5-4-6-8-15;/h13-15,19H,4-12H2,1-3H3,(H,20,21);1H. The Morgan fingerprint density at radius 2 is 1.64 bits per heavy atom. The summed E-state index contributed by atoms with van der Waals surface area (Å²) in [6.45, 7) is 7.49. The minimum absolute atomic E-state index is 0. The summed E-state index contributed by atoms with van der Waals surface area (Å²) in [7, 11) is 0. The summed E-state index contributed by atoms with van der Waals surface area (Å²) in [4.78, 5) is 12.4. The molecule has 3 atom stereocenters. The number of carbonyl (C=O) groups is 1. The third-order valence-electron chi connectivity index (χ3n) is 7.16. The Labute approximate surface area is 141 Å². The summed E-state index contributed by atoms with van der Waals surface area (Å²) in [6, 6.07) is 0.561. The van der Waals surface area contributed by atoms with E-state index in [2.05, 4.69) is 31.4 Å². The van der Waals surface area contributed by atoms with Crippen LogP contribution in [0.2, 0.25) is 0 Å². The molecule has 3 fully saturated rings. The first-order chi connectivity index (χ1) is 9.93. The molecule has 0 aromatic heterocycles. The van der Waals surface area contributed by atoms with Gasteiger partial charge in [-0.1, -0.05) is 33.1 Å². The van der Waals surface area contributed by atoms with Gasteiger partial charge in [0, 0.05) is 11.6 Å². The zero-order valence-electron chi connectivity index (χ0n) is 14.4. The van der Waals surface area contributed by atoms with E-state index in [1.54, 1.807) is 0 Å².